The van der Waals surface area contributed by atoms with Crippen molar-refractivity contribution < 1.29 is 4.21 Å². The van der Waals surface area contributed by atoms with Crippen LogP contribution in [-0.2, 0) is 15.7 Å². The van der Waals surface area contributed by atoms with E-state index in [-0.39, 0.29) is 6.04 Å². The minimum Gasteiger partial charge on any atom is -0.242 e. The smallest absolute Gasteiger partial charge is 0.102 e. The van der Waals surface area contributed by atoms with Crippen LogP contribution in [0.1, 0.15) is 57.9 Å². The second-order valence-corrected chi connectivity index (χ2v) is 8.59. The molecule has 3 heteroatoms. The molecular formula is C19H29NOS. The third-order valence-electron chi connectivity index (χ3n) is 4.83. The van der Waals surface area contributed by atoms with Gasteiger partial charge in [-0.1, -0.05) is 55.7 Å². The lowest BCUT2D eigenvalue weighted by Gasteiger charge is -2.33. The van der Waals surface area contributed by atoms with Crippen molar-refractivity contribution in [3.8, 4) is 0 Å². The number of rotatable bonds is 7. The summed E-state index contributed by atoms with van der Waals surface area (Å²) in [7, 11) is -1.11. The van der Waals surface area contributed by atoms with Crippen LogP contribution in [0.25, 0.3) is 0 Å². The number of hydrogen-bond acceptors (Lipinski definition) is 1. The average Bonchev–Trinajstić information content (AvgIpc) is 2.56. The Balaban J connectivity index is 2.08. The minimum atomic E-state index is -1.11. The summed E-state index contributed by atoms with van der Waals surface area (Å²) in [5, 5.41) is 0. The summed E-state index contributed by atoms with van der Waals surface area (Å²) in [5.41, 5.74) is 1.11. The van der Waals surface area contributed by atoms with E-state index in [1.54, 1.807) is 0 Å². The molecule has 1 N–H and O–H groups in total. The van der Waals surface area contributed by atoms with E-state index in [9.17, 15) is 4.21 Å². The maximum absolute atomic E-state index is 13.0. The zero-order valence-corrected chi connectivity index (χ0v) is 14.7. The molecule has 1 aliphatic carbocycles. The molecule has 0 aromatic heterocycles. The lowest BCUT2D eigenvalue weighted by molar-refractivity contribution is 0.292. The largest absolute Gasteiger partial charge is 0.242 e. The summed E-state index contributed by atoms with van der Waals surface area (Å²) in [4.78, 5) is 0. The molecule has 0 amide bonds. The summed E-state index contributed by atoms with van der Waals surface area (Å²) < 4.78 is 16.0. The lowest BCUT2D eigenvalue weighted by atomic mass is 9.83. The minimum absolute atomic E-state index is 0.279. The summed E-state index contributed by atoms with van der Waals surface area (Å²) in [6.07, 6.45) is 9.28. The Bertz CT molecular complexity index is 491. The van der Waals surface area contributed by atoms with Crippen LogP contribution in [0.15, 0.2) is 43.0 Å². The van der Waals surface area contributed by atoms with Crippen molar-refractivity contribution in [2.45, 2.75) is 63.2 Å². The summed E-state index contributed by atoms with van der Waals surface area (Å²) in [5.74, 6) is 0.627. The van der Waals surface area contributed by atoms with Gasteiger partial charge in [-0.2, -0.15) is 0 Å². The van der Waals surface area contributed by atoms with Gasteiger partial charge in [-0.25, -0.2) is 8.93 Å². The first kappa shape index (κ1) is 17.4. The molecule has 2 rings (SSSR count). The molecule has 0 aliphatic heterocycles. The molecule has 0 saturated heterocycles. The van der Waals surface area contributed by atoms with Crippen LogP contribution >= 0.6 is 0 Å². The van der Waals surface area contributed by atoms with Gasteiger partial charge in [0.2, 0.25) is 0 Å². The molecule has 1 aromatic rings. The third kappa shape index (κ3) is 4.30. The van der Waals surface area contributed by atoms with E-state index < -0.39 is 15.7 Å². The topological polar surface area (TPSA) is 29.1 Å². The summed E-state index contributed by atoms with van der Waals surface area (Å²) >= 11 is 0. The first-order valence-electron chi connectivity index (χ1n) is 8.40. The predicted molar refractivity (Wildman–Crippen MR) is 95.9 cm³/mol. The Morgan fingerprint density at radius 3 is 2.50 bits per heavy atom. The molecule has 0 unspecified atom stereocenters. The van der Waals surface area contributed by atoms with E-state index in [1.807, 2.05) is 24.3 Å². The lowest BCUT2D eigenvalue weighted by Crippen LogP contribution is -2.43. The van der Waals surface area contributed by atoms with E-state index in [1.165, 1.54) is 32.1 Å². The Kier molecular flexibility index (Phi) is 6.39. The van der Waals surface area contributed by atoms with Crippen molar-refractivity contribution in [2.75, 3.05) is 0 Å². The van der Waals surface area contributed by atoms with Crippen LogP contribution in [0, 0.1) is 5.92 Å². The van der Waals surface area contributed by atoms with Gasteiger partial charge in [0.15, 0.2) is 0 Å². The highest BCUT2D eigenvalue weighted by atomic mass is 32.2. The van der Waals surface area contributed by atoms with Crippen molar-refractivity contribution in [3.63, 3.8) is 0 Å². The van der Waals surface area contributed by atoms with Gasteiger partial charge in [0.1, 0.15) is 11.0 Å². The molecule has 1 aliphatic rings. The fourth-order valence-electron chi connectivity index (χ4n) is 3.28. The Morgan fingerprint density at radius 2 is 1.91 bits per heavy atom. The quantitative estimate of drug-likeness (QED) is 0.725. The molecule has 1 aromatic carbocycles. The Hall–Kier alpha value is -0.930. The van der Waals surface area contributed by atoms with Gasteiger partial charge in [0.25, 0.3) is 0 Å². The second-order valence-electron chi connectivity index (χ2n) is 6.79. The standard InChI is InChI=1S/C19H29NOS/c1-4-11-18(16-12-7-5-8-13-16)20-22(21)19(2,3)17-14-9-6-10-15-17/h4,6,9-10,14-16,18,20H,1,5,7-8,11-13H2,2-3H3/t18-,22+/m0/s1. The van der Waals surface area contributed by atoms with Crippen molar-refractivity contribution in [1.82, 2.24) is 4.72 Å². The molecule has 2 nitrogen and oxygen atoms in total. The SMILES string of the molecule is C=CC[C@H](N[S@](=O)C(C)(C)c1ccccc1)C1CCCCC1. The summed E-state index contributed by atoms with van der Waals surface area (Å²) in [6, 6.07) is 10.4. The monoisotopic (exact) mass is 319 g/mol. The normalized spacial score (nSPS) is 19.5. The van der Waals surface area contributed by atoms with E-state index in [2.05, 4.69) is 37.3 Å². The molecule has 122 valence electrons. The molecule has 0 bridgehead atoms. The number of benzene rings is 1. The van der Waals surface area contributed by atoms with Crippen LogP contribution in [-0.4, -0.2) is 10.3 Å². The molecule has 2 atom stereocenters. The van der Waals surface area contributed by atoms with Crippen molar-refractivity contribution in [1.29, 1.82) is 0 Å². The van der Waals surface area contributed by atoms with Crippen LogP contribution in [0.5, 0.6) is 0 Å². The van der Waals surface area contributed by atoms with E-state index >= 15 is 0 Å². The van der Waals surface area contributed by atoms with Gasteiger partial charge in [0.05, 0.1) is 4.75 Å². The maximum Gasteiger partial charge on any atom is 0.102 e. The van der Waals surface area contributed by atoms with Crippen LogP contribution in [0.2, 0.25) is 0 Å². The van der Waals surface area contributed by atoms with Crippen LogP contribution in [0.3, 0.4) is 0 Å². The fourth-order valence-corrected chi connectivity index (χ4v) is 4.49. The molecule has 1 fully saturated rings. The zero-order chi connectivity index (χ0) is 16.0. The van der Waals surface area contributed by atoms with Gasteiger partial charge >= 0.3 is 0 Å². The van der Waals surface area contributed by atoms with E-state index in [0.29, 0.717) is 5.92 Å². The third-order valence-corrected chi connectivity index (χ3v) is 6.51. The first-order chi connectivity index (χ1) is 10.6. The van der Waals surface area contributed by atoms with E-state index in [0.717, 1.165) is 12.0 Å². The Labute approximate surface area is 138 Å². The molecule has 0 heterocycles. The highest BCUT2D eigenvalue weighted by Crippen LogP contribution is 2.31. The summed E-state index contributed by atoms with van der Waals surface area (Å²) in [6.45, 7) is 7.99. The number of hydrogen-bond donors (Lipinski definition) is 1. The fraction of sp³-hybridized carbons (Fsp3) is 0.579. The van der Waals surface area contributed by atoms with Gasteiger partial charge in [-0.15, -0.1) is 6.58 Å². The first-order valence-corrected chi connectivity index (χ1v) is 9.55. The zero-order valence-electron chi connectivity index (χ0n) is 13.9. The molecule has 22 heavy (non-hydrogen) atoms. The highest BCUT2D eigenvalue weighted by Gasteiger charge is 2.32. The van der Waals surface area contributed by atoms with Crippen molar-refractivity contribution in [3.05, 3.63) is 48.6 Å². The highest BCUT2D eigenvalue weighted by molar-refractivity contribution is 7.84. The van der Waals surface area contributed by atoms with Gasteiger partial charge < -0.3 is 0 Å². The van der Waals surface area contributed by atoms with E-state index in [4.69, 9.17) is 0 Å². The van der Waals surface area contributed by atoms with Gasteiger partial charge in [-0.3, -0.25) is 0 Å². The van der Waals surface area contributed by atoms with Gasteiger partial charge in [-0.05, 0) is 44.6 Å². The second kappa shape index (κ2) is 8.07. The van der Waals surface area contributed by atoms with Crippen molar-refractivity contribution >= 4 is 11.0 Å². The Morgan fingerprint density at radius 1 is 1.27 bits per heavy atom. The van der Waals surface area contributed by atoms with Crippen LogP contribution < -0.4 is 4.72 Å². The maximum atomic E-state index is 13.0. The number of nitrogens with one attached hydrogen (secondary N) is 1. The molecular weight excluding hydrogens is 290 g/mol. The van der Waals surface area contributed by atoms with Crippen LogP contribution in [0.4, 0.5) is 0 Å². The predicted octanol–water partition coefficient (Wildman–Crippen LogP) is 4.70. The average molecular weight is 320 g/mol. The molecule has 0 spiro atoms. The molecule has 1 saturated carbocycles. The molecule has 0 radical (unpaired) electrons. The van der Waals surface area contributed by atoms with Crippen molar-refractivity contribution in [2.24, 2.45) is 5.92 Å². The van der Waals surface area contributed by atoms with Gasteiger partial charge in [0, 0.05) is 6.04 Å².